The van der Waals surface area contributed by atoms with E-state index in [1.165, 1.54) is 12.8 Å². The number of aryl methyl sites for hydroxylation is 1. The zero-order valence-corrected chi connectivity index (χ0v) is 15.3. The number of piperidine rings is 1. The standard InChI is InChI=1S/C18H24N4OS/c1-13-6-8-22(9-7-13)17-5-4-15(10-19-17)18(23)21(3)11-16-12-24-14(2)20-16/h4-5,10,12-13H,6-9,11H2,1-3H3. The molecular weight excluding hydrogens is 320 g/mol. The minimum absolute atomic E-state index is 0.0213. The van der Waals surface area contributed by atoms with E-state index < -0.39 is 0 Å². The van der Waals surface area contributed by atoms with Gasteiger partial charge in [-0.2, -0.15) is 0 Å². The Morgan fingerprint density at radius 2 is 2.12 bits per heavy atom. The molecule has 0 unspecified atom stereocenters. The smallest absolute Gasteiger partial charge is 0.255 e. The first-order chi connectivity index (χ1) is 11.5. The molecule has 3 rings (SSSR count). The van der Waals surface area contributed by atoms with Crippen LogP contribution in [0.25, 0.3) is 0 Å². The van der Waals surface area contributed by atoms with Crippen LogP contribution >= 0.6 is 11.3 Å². The molecule has 2 aromatic rings. The van der Waals surface area contributed by atoms with E-state index in [1.807, 2.05) is 24.4 Å². The fourth-order valence-electron chi connectivity index (χ4n) is 2.95. The number of carbonyl (C=O) groups is 1. The fraction of sp³-hybridized carbons (Fsp3) is 0.500. The van der Waals surface area contributed by atoms with Crippen LogP contribution in [-0.2, 0) is 6.54 Å². The Kier molecular flexibility index (Phi) is 5.14. The van der Waals surface area contributed by atoms with Crippen LogP contribution in [0.1, 0.15) is 40.8 Å². The molecule has 128 valence electrons. The quantitative estimate of drug-likeness (QED) is 0.853. The van der Waals surface area contributed by atoms with E-state index in [9.17, 15) is 4.79 Å². The lowest BCUT2D eigenvalue weighted by Crippen LogP contribution is -2.33. The Morgan fingerprint density at radius 3 is 2.71 bits per heavy atom. The zero-order valence-electron chi connectivity index (χ0n) is 14.5. The number of nitrogens with zero attached hydrogens (tertiary/aromatic N) is 4. The third kappa shape index (κ3) is 3.93. The summed E-state index contributed by atoms with van der Waals surface area (Å²) in [5.74, 6) is 1.74. The molecule has 1 amide bonds. The number of amides is 1. The molecule has 1 aliphatic rings. The summed E-state index contributed by atoms with van der Waals surface area (Å²) in [6.45, 7) is 6.89. The molecule has 1 saturated heterocycles. The number of thiazole rings is 1. The van der Waals surface area contributed by atoms with Crippen molar-refractivity contribution >= 4 is 23.1 Å². The Hall–Kier alpha value is -1.95. The second-order valence-electron chi connectivity index (χ2n) is 6.59. The molecular formula is C18H24N4OS. The van der Waals surface area contributed by atoms with Crippen molar-refractivity contribution in [2.75, 3.05) is 25.0 Å². The third-order valence-corrected chi connectivity index (χ3v) is 5.34. The Balaban J connectivity index is 1.63. The Morgan fingerprint density at radius 1 is 1.38 bits per heavy atom. The van der Waals surface area contributed by atoms with E-state index >= 15 is 0 Å². The predicted molar refractivity (Wildman–Crippen MR) is 97.5 cm³/mol. The molecule has 1 aliphatic heterocycles. The van der Waals surface area contributed by atoms with Gasteiger partial charge in [0.25, 0.3) is 5.91 Å². The molecule has 1 fully saturated rings. The van der Waals surface area contributed by atoms with Crippen LogP contribution in [0.5, 0.6) is 0 Å². The first kappa shape index (κ1) is 16.9. The summed E-state index contributed by atoms with van der Waals surface area (Å²) in [6, 6.07) is 3.84. The van der Waals surface area contributed by atoms with E-state index in [-0.39, 0.29) is 5.91 Å². The Labute approximate surface area is 147 Å². The number of pyridine rings is 1. The lowest BCUT2D eigenvalue weighted by atomic mass is 9.99. The van der Waals surface area contributed by atoms with Gasteiger partial charge >= 0.3 is 0 Å². The maximum atomic E-state index is 12.5. The lowest BCUT2D eigenvalue weighted by molar-refractivity contribution is 0.0783. The second kappa shape index (κ2) is 7.30. The minimum atomic E-state index is -0.0213. The van der Waals surface area contributed by atoms with E-state index in [4.69, 9.17) is 0 Å². The zero-order chi connectivity index (χ0) is 17.1. The molecule has 0 aromatic carbocycles. The van der Waals surface area contributed by atoms with Gasteiger partial charge in [0, 0.05) is 31.7 Å². The van der Waals surface area contributed by atoms with Gasteiger partial charge in [-0.15, -0.1) is 11.3 Å². The van der Waals surface area contributed by atoms with E-state index in [0.717, 1.165) is 35.5 Å². The van der Waals surface area contributed by atoms with Gasteiger partial charge in [-0.05, 0) is 37.8 Å². The number of carbonyl (C=O) groups excluding carboxylic acids is 1. The van der Waals surface area contributed by atoms with Gasteiger partial charge in [0.1, 0.15) is 5.82 Å². The summed E-state index contributed by atoms with van der Waals surface area (Å²) in [4.78, 5) is 25.4. The molecule has 0 atom stereocenters. The largest absolute Gasteiger partial charge is 0.357 e. The van der Waals surface area contributed by atoms with Gasteiger partial charge in [-0.3, -0.25) is 4.79 Å². The predicted octanol–water partition coefficient (Wildman–Crippen LogP) is 3.36. The maximum absolute atomic E-state index is 12.5. The molecule has 0 bridgehead atoms. The van der Waals surface area contributed by atoms with Gasteiger partial charge in [-0.1, -0.05) is 6.92 Å². The van der Waals surface area contributed by atoms with Crippen LogP contribution in [-0.4, -0.2) is 40.9 Å². The summed E-state index contributed by atoms with van der Waals surface area (Å²) in [5, 5.41) is 3.02. The summed E-state index contributed by atoms with van der Waals surface area (Å²) >= 11 is 1.60. The van der Waals surface area contributed by atoms with Crippen molar-refractivity contribution in [1.82, 2.24) is 14.9 Å². The minimum Gasteiger partial charge on any atom is -0.357 e. The van der Waals surface area contributed by atoms with Crippen molar-refractivity contribution < 1.29 is 4.79 Å². The average Bonchev–Trinajstić information content (AvgIpc) is 3.00. The van der Waals surface area contributed by atoms with Crippen molar-refractivity contribution in [2.45, 2.75) is 33.2 Å². The summed E-state index contributed by atoms with van der Waals surface area (Å²) in [7, 11) is 1.80. The van der Waals surface area contributed by atoms with Crippen LogP contribution in [0.4, 0.5) is 5.82 Å². The Bertz CT molecular complexity index is 689. The van der Waals surface area contributed by atoms with Gasteiger partial charge in [0.2, 0.25) is 0 Å². The fourth-order valence-corrected chi connectivity index (χ4v) is 3.56. The highest BCUT2D eigenvalue weighted by Crippen LogP contribution is 2.21. The molecule has 0 saturated carbocycles. The van der Waals surface area contributed by atoms with E-state index in [0.29, 0.717) is 12.1 Å². The van der Waals surface area contributed by atoms with Crippen molar-refractivity contribution in [2.24, 2.45) is 5.92 Å². The van der Waals surface area contributed by atoms with Crippen molar-refractivity contribution in [3.63, 3.8) is 0 Å². The third-order valence-electron chi connectivity index (χ3n) is 4.51. The highest BCUT2D eigenvalue weighted by atomic mass is 32.1. The molecule has 3 heterocycles. The van der Waals surface area contributed by atoms with Gasteiger partial charge in [0.15, 0.2) is 0 Å². The second-order valence-corrected chi connectivity index (χ2v) is 7.66. The van der Waals surface area contributed by atoms with Gasteiger partial charge < -0.3 is 9.80 Å². The van der Waals surface area contributed by atoms with Crippen LogP contribution < -0.4 is 4.90 Å². The number of rotatable bonds is 4. The van der Waals surface area contributed by atoms with E-state index in [2.05, 4.69) is 21.8 Å². The van der Waals surface area contributed by atoms with Crippen molar-refractivity contribution in [3.8, 4) is 0 Å². The maximum Gasteiger partial charge on any atom is 0.255 e. The first-order valence-electron chi connectivity index (χ1n) is 8.40. The molecule has 2 aromatic heterocycles. The number of hydrogen-bond acceptors (Lipinski definition) is 5. The SMILES string of the molecule is Cc1nc(CN(C)C(=O)c2ccc(N3CCC(C)CC3)nc2)cs1. The van der Waals surface area contributed by atoms with Crippen molar-refractivity contribution in [3.05, 3.63) is 40.0 Å². The molecule has 24 heavy (non-hydrogen) atoms. The molecule has 6 heteroatoms. The lowest BCUT2D eigenvalue weighted by Gasteiger charge is -2.31. The van der Waals surface area contributed by atoms with Gasteiger partial charge in [0.05, 0.1) is 22.8 Å². The summed E-state index contributed by atoms with van der Waals surface area (Å²) in [5.41, 5.74) is 1.55. The highest BCUT2D eigenvalue weighted by molar-refractivity contribution is 7.09. The van der Waals surface area contributed by atoms with Crippen molar-refractivity contribution in [1.29, 1.82) is 0 Å². The van der Waals surface area contributed by atoms with Crippen LogP contribution in [0.15, 0.2) is 23.7 Å². The number of hydrogen-bond donors (Lipinski definition) is 0. The monoisotopic (exact) mass is 344 g/mol. The molecule has 0 radical (unpaired) electrons. The molecule has 0 aliphatic carbocycles. The average molecular weight is 344 g/mol. The van der Waals surface area contributed by atoms with E-state index in [1.54, 1.807) is 29.5 Å². The van der Waals surface area contributed by atoms with Crippen LogP contribution in [0.2, 0.25) is 0 Å². The molecule has 0 spiro atoms. The summed E-state index contributed by atoms with van der Waals surface area (Å²) in [6.07, 6.45) is 4.11. The topological polar surface area (TPSA) is 49.3 Å². The summed E-state index contributed by atoms with van der Waals surface area (Å²) < 4.78 is 0. The molecule has 0 N–H and O–H groups in total. The van der Waals surface area contributed by atoms with Gasteiger partial charge in [-0.25, -0.2) is 9.97 Å². The highest BCUT2D eigenvalue weighted by Gasteiger charge is 2.18. The van der Waals surface area contributed by atoms with Crippen LogP contribution in [0, 0.1) is 12.8 Å². The molecule has 5 nitrogen and oxygen atoms in total. The normalized spacial score (nSPS) is 15.5. The number of aromatic nitrogens is 2. The van der Waals surface area contributed by atoms with Crippen LogP contribution in [0.3, 0.4) is 0 Å². The first-order valence-corrected chi connectivity index (χ1v) is 9.28. The number of anilines is 1.